The van der Waals surface area contributed by atoms with Crippen LogP contribution in [0.4, 0.5) is 0 Å². The molecule has 0 aliphatic rings. The molecule has 0 aliphatic carbocycles. The van der Waals surface area contributed by atoms with E-state index in [4.69, 9.17) is 15.0 Å². The van der Waals surface area contributed by atoms with Gasteiger partial charge in [0.2, 0.25) is 10.7 Å². The topological polar surface area (TPSA) is 98.1 Å². The average Bonchev–Trinajstić information content (AvgIpc) is 1.47. The quantitative estimate of drug-likeness (QED) is 0.171. The van der Waals surface area contributed by atoms with Crippen molar-refractivity contribution >= 4 is 144 Å². The van der Waals surface area contributed by atoms with Crippen LogP contribution < -0.4 is 0 Å². The van der Waals surface area contributed by atoms with Crippen molar-refractivity contribution in [2.45, 2.75) is 52.4 Å². The first kappa shape index (κ1) is 65.2. The zero-order valence-corrected chi connectivity index (χ0v) is 61.9. The Bertz CT molecular complexity index is 6600. The monoisotopic (exact) mass is 1450 g/mol. The number of nitrogens with one attached hydrogen (secondary N) is 1. The second kappa shape index (κ2) is 26.4. The van der Waals surface area contributed by atoms with Gasteiger partial charge in [-0.15, -0.1) is 22.7 Å². The Labute approximate surface area is 624 Å². The Balaban J connectivity index is 0.000000126. The van der Waals surface area contributed by atoms with Gasteiger partial charge >= 0.3 is 0 Å². The SMILES string of the molecule is Brc1nc(-c2ccccc2)nc(-c2ccccc2)n1.CC(C)(C)c1ccc2[nH]c3c(c2c1)c1ccccc1c1sc2c(-c4ccccc4)cccc2c31.CC(C)(C)c1ccc2c(c1)c1c3ccccc3c3sc4c(-c5ccccc5)cccc4c3c1n2-c1nc(-c2ccccc2)nc(-c2ccccc2)n1. The zero-order valence-electron chi connectivity index (χ0n) is 58.7. The number of aromatic amines is 1. The maximum atomic E-state index is 5.30. The third-order valence-corrected chi connectivity index (χ3v) is 22.9. The zero-order chi connectivity index (χ0) is 71.1. The molecule has 6 heterocycles. The number of benzene rings is 14. The lowest BCUT2D eigenvalue weighted by molar-refractivity contribution is 0.591. The highest BCUT2D eigenvalue weighted by atomic mass is 79.9. The largest absolute Gasteiger partial charge is 0.354 e. The van der Waals surface area contributed by atoms with Crippen LogP contribution in [-0.2, 0) is 10.8 Å². The summed E-state index contributed by atoms with van der Waals surface area (Å²) < 4.78 is 8.12. The Morgan fingerprint density at radius 2 is 0.676 bits per heavy atom. The fourth-order valence-electron chi connectivity index (χ4n) is 14.9. The predicted molar refractivity (Wildman–Crippen MR) is 448 cm³/mol. The summed E-state index contributed by atoms with van der Waals surface area (Å²) >= 11 is 7.15. The van der Waals surface area contributed by atoms with E-state index in [0.717, 1.165) is 33.3 Å². The predicted octanol–water partition coefficient (Wildman–Crippen LogP) is 26.6. The second-order valence-corrected chi connectivity index (χ2v) is 31.5. The first-order valence-corrected chi connectivity index (χ1v) is 37.9. The van der Waals surface area contributed by atoms with E-state index in [0.29, 0.717) is 34.0 Å². The lowest BCUT2D eigenvalue weighted by Crippen LogP contribution is -2.10. The lowest BCUT2D eigenvalue weighted by Gasteiger charge is -2.19. The Hall–Kier alpha value is -11.9. The minimum Gasteiger partial charge on any atom is -0.354 e. The van der Waals surface area contributed by atoms with Gasteiger partial charge in [0, 0.05) is 100 Å². The van der Waals surface area contributed by atoms with Crippen molar-refractivity contribution in [2.24, 2.45) is 0 Å². The van der Waals surface area contributed by atoms with Crippen LogP contribution in [0.3, 0.4) is 0 Å². The van der Waals surface area contributed by atoms with Gasteiger partial charge in [0.15, 0.2) is 23.3 Å². The number of hydrogen-bond acceptors (Lipinski definition) is 8. The van der Waals surface area contributed by atoms with Gasteiger partial charge in [0.25, 0.3) is 0 Å². The van der Waals surface area contributed by atoms with Gasteiger partial charge in [-0.3, -0.25) is 4.57 Å². The van der Waals surface area contributed by atoms with Gasteiger partial charge < -0.3 is 4.98 Å². The molecule has 0 fully saturated rings. The number of fused-ring (bicyclic) bond motifs is 20. The highest BCUT2D eigenvalue weighted by Gasteiger charge is 2.28. The number of aromatic nitrogens is 8. The molecule has 0 radical (unpaired) electrons. The van der Waals surface area contributed by atoms with Crippen molar-refractivity contribution in [3.05, 3.63) is 319 Å². The van der Waals surface area contributed by atoms with E-state index in [9.17, 15) is 0 Å². The summed E-state index contributed by atoms with van der Waals surface area (Å²) in [5.41, 5.74) is 16.3. The third-order valence-electron chi connectivity index (χ3n) is 20.0. The molecule has 0 amide bonds. The average molecular weight is 1450 g/mol. The number of rotatable bonds is 7. The van der Waals surface area contributed by atoms with Crippen LogP contribution in [0.25, 0.3) is 179 Å². The van der Waals surface area contributed by atoms with E-state index in [1.807, 2.05) is 120 Å². The molecule has 1 N–H and O–H groups in total. The summed E-state index contributed by atoms with van der Waals surface area (Å²) in [5, 5.41) is 15.4. The summed E-state index contributed by atoms with van der Waals surface area (Å²) in [4.78, 5) is 32.7. The van der Waals surface area contributed by atoms with Crippen LogP contribution in [0, 0.1) is 0 Å². The number of nitrogens with zero attached hydrogens (tertiary/aromatic N) is 7. The Morgan fingerprint density at radius 3 is 1.13 bits per heavy atom. The molecule has 0 atom stereocenters. The van der Waals surface area contributed by atoms with Crippen LogP contribution in [-0.4, -0.2) is 39.5 Å². The first-order valence-electron chi connectivity index (χ1n) is 35.4. The fraction of sp³-hybridized carbons (Fsp3) is 0.0851. The van der Waals surface area contributed by atoms with E-state index in [1.165, 1.54) is 128 Å². The highest BCUT2D eigenvalue weighted by molar-refractivity contribution is 9.10. The van der Waals surface area contributed by atoms with E-state index < -0.39 is 0 Å². The van der Waals surface area contributed by atoms with Gasteiger partial charge in [0.1, 0.15) is 0 Å². The van der Waals surface area contributed by atoms with E-state index in [1.54, 1.807) is 0 Å². The van der Waals surface area contributed by atoms with E-state index >= 15 is 0 Å². The van der Waals surface area contributed by atoms with Gasteiger partial charge in [-0.1, -0.05) is 321 Å². The Morgan fingerprint density at radius 1 is 0.305 bits per heavy atom. The summed E-state index contributed by atoms with van der Waals surface area (Å²) in [7, 11) is 0. The molecule has 0 unspecified atom stereocenters. The number of halogens is 1. The van der Waals surface area contributed by atoms with Crippen LogP contribution in [0.5, 0.6) is 0 Å². The molecule has 6 aromatic heterocycles. The summed E-state index contributed by atoms with van der Waals surface area (Å²) in [6.45, 7) is 13.7. The fourth-order valence-corrected chi connectivity index (χ4v) is 18.0. The van der Waals surface area contributed by atoms with Crippen molar-refractivity contribution < 1.29 is 0 Å². The van der Waals surface area contributed by atoms with Crippen LogP contribution in [0.2, 0.25) is 0 Å². The molecule has 0 bridgehead atoms. The van der Waals surface area contributed by atoms with Crippen molar-refractivity contribution in [3.8, 4) is 73.8 Å². The van der Waals surface area contributed by atoms with Crippen molar-refractivity contribution in [3.63, 3.8) is 0 Å². The molecular formula is C94H69BrN8S2. The van der Waals surface area contributed by atoms with Gasteiger partial charge in [-0.05, 0) is 95.2 Å². The van der Waals surface area contributed by atoms with E-state index in [-0.39, 0.29) is 10.8 Å². The number of H-pyrrole nitrogens is 1. The minimum atomic E-state index is -0.0314. The summed E-state index contributed by atoms with van der Waals surface area (Å²) in [6, 6.07) is 107. The first-order chi connectivity index (χ1) is 51.3. The Kier molecular flexibility index (Phi) is 16.4. The minimum absolute atomic E-state index is 0.0314. The molecule has 8 nitrogen and oxygen atoms in total. The lowest BCUT2D eigenvalue weighted by atomic mass is 9.86. The van der Waals surface area contributed by atoms with Gasteiger partial charge in [-0.2, -0.15) is 9.97 Å². The molecule has 14 aromatic carbocycles. The van der Waals surface area contributed by atoms with Crippen molar-refractivity contribution in [2.75, 3.05) is 0 Å². The molecule has 0 spiro atoms. The van der Waals surface area contributed by atoms with E-state index in [2.05, 4.69) is 288 Å². The molecule has 105 heavy (non-hydrogen) atoms. The molecule has 0 saturated heterocycles. The number of thiophene rings is 2. The normalized spacial score (nSPS) is 12.0. The highest BCUT2D eigenvalue weighted by Crippen LogP contribution is 2.52. The molecule has 20 aromatic rings. The maximum absolute atomic E-state index is 5.30. The smallest absolute Gasteiger partial charge is 0.238 e. The molecular weight excluding hydrogens is 1390 g/mol. The maximum Gasteiger partial charge on any atom is 0.238 e. The molecule has 504 valence electrons. The third kappa shape index (κ3) is 11.8. The molecule has 11 heteroatoms. The van der Waals surface area contributed by atoms with Gasteiger partial charge in [-0.25, -0.2) is 19.9 Å². The van der Waals surface area contributed by atoms with Crippen LogP contribution in [0.15, 0.2) is 308 Å². The summed E-state index contributed by atoms with van der Waals surface area (Å²) in [5.74, 6) is 3.22. The van der Waals surface area contributed by atoms with Crippen molar-refractivity contribution in [1.82, 2.24) is 39.5 Å². The number of hydrogen-bond donors (Lipinski definition) is 1. The van der Waals surface area contributed by atoms with Crippen molar-refractivity contribution in [1.29, 1.82) is 0 Å². The second-order valence-electron chi connectivity index (χ2n) is 28.7. The molecule has 0 aliphatic heterocycles. The molecule has 0 saturated carbocycles. The summed E-state index contributed by atoms with van der Waals surface area (Å²) in [6.07, 6.45) is 0. The van der Waals surface area contributed by atoms with Crippen LogP contribution in [0.1, 0.15) is 52.7 Å². The standard InChI is InChI=1S/C47H34N4S.C32H25NS.C15H10BrN3/c1-47(2,3)32-26-27-38-37(28-32)39-34-22-13-14-23-35(34)43-40(36-25-15-24-33(42(36)52-43)29-16-7-4-8-17-29)41(39)51(38)46-49-44(30-18-9-5-10-19-30)48-45(50-46)31-20-11-6-12-21-31;1-32(2,3)20-16-17-26-25(18-20)27-22-12-7-8-13-23(22)31-28(29(27)33-26)24-15-9-14-21(30(24)34-31)19-10-5-4-6-11-19;16-15-18-13(11-7-3-1-4-8-11)17-14(19-15)12-9-5-2-6-10-12/h4-28H,1-3H3;4-18,33H,1-3H3;1-10H. The van der Waals surface area contributed by atoms with Gasteiger partial charge in [0.05, 0.1) is 16.6 Å². The molecule has 20 rings (SSSR count). The van der Waals surface area contributed by atoms with Crippen LogP contribution >= 0.6 is 38.6 Å².